The van der Waals surface area contributed by atoms with Crippen LogP contribution in [0.3, 0.4) is 0 Å². The number of likely N-dealkylation sites (tertiary alicyclic amines) is 1. The highest BCUT2D eigenvalue weighted by Crippen LogP contribution is 2.38. The SMILES string of the molecule is CCCc1ccc([C@@H](NC(=O)CCN2C(=O)[C@H]3CCCC[C@H]3C2=O)C(C)C)cc1. The number of carbonyl (C=O) groups excluding carboxylic acids is 3. The summed E-state index contributed by atoms with van der Waals surface area (Å²) in [4.78, 5) is 39.1. The van der Waals surface area contributed by atoms with Crippen molar-refractivity contribution in [1.82, 2.24) is 10.2 Å². The molecule has 0 radical (unpaired) electrons. The van der Waals surface area contributed by atoms with Crippen LogP contribution in [0.1, 0.15) is 76.5 Å². The quantitative estimate of drug-likeness (QED) is 0.673. The lowest BCUT2D eigenvalue weighted by atomic mass is 9.81. The lowest BCUT2D eigenvalue weighted by Crippen LogP contribution is -2.37. The first kappa shape index (κ1) is 21.5. The van der Waals surface area contributed by atoms with Crippen molar-refractivity contribution in [3.8, 4) is 0 Å². The van der Waals surface area contributed by atoms with E-state index >= 15 is 0 Å². The zero-order valence-electron chi connectivity index (χ0n) is 17.9. The fourth-order valence-electron chi connectivity index (χ4n) is 4.73. The van der Waals surface area contributed by atoms with Crippen LogP contribution < -0.4 is 5.32 Å². The molecule has 158 valence electrons. The Kier molecular flexibility index (Phi) is 7.09. The first-order chi connectivity index (χ1) is 13.9. The van der Waals surface area contributed by atoms with Gasteiger partial charge in [0.2, 0.25) is 17.7 Å². The van der Waals surface area contributed by atoms with Crippen LogP contribution >= 0.6 is 0 Å². The van der Waals surface area contributed by atoms with Crippen LogP contribution in [0.15, 0.2) is 24.3 Å². The van der Waals surface area contributed by atoms with E-state index in [-0.39, 0.29) is 54.5 Å². The third kappa shape index (κ3) is 4.88. The zero-order valence-corrected chi connectivity index (χ0v) is 17.9. The van der Waals surface area contributed by atoms with Gasteiger partial charge in [-0.2, -0.15) is 0 Å². The van der Waals surface area contributed by atoms with Gasteiger partial charge in [-0.1, -0.05) is 64.3 Å². The molecule has 1 saturated carbocycles. The number of rotatable bonds is 8. The standard InChI is InChI=1S/C24H34N2O3/c1-4-7-17-10-12-18(13-11-17)22(16(2)3)25-21(27)14-15-26-23(28)19-8-5-6-9-20(19)24(26)29/h10-13,16,19-20,22H,4-9,14-15H2,1-3H3,(H,25,27)/t19-,20+,22-/m0/s1. The summed E-state index contributed by atoms with van der Waals surface area (Å²) in [5.74, 6) is -0.307. The first-order valence-corrected chi connectivity index (χ1v) is 11.2. The highest BCUT2D eigenvalue weighted by atomic mass is 16.2. The molecule has 1 aromatic rings. The van der Waals surface area contributed by atoms with Gasteiger partial charge < -0.3 is 5.32 Å². The normalized spacial score (nSPS) is 22.7. The largest absolute Gasteiger partial charge is 0.349 e. The predicted octanol–water partition coefficient (Wildman–Crippen LogP) is 4.02. The lowest BCUT2D eigenvalue weighted by Gasteiger charge is -2.24. The second kappa shape index (κ2) is 9.55. The maximum absolute atomic E-state index is 12.6. The average Bonchev–Trinajstić information content (AvgIpc) is 2.96. The fraction of sp³-hybridized carbons (Fsp3) is 0.625. The summed E-state index contributed by atoms with van der Waals surface area (Å²) in [6.45, 7) is 6.53. The molecule has 0 bridgehead atoms. The first-order valence-electron chi connectivity index (χ1n) is 11.2. The van der Waals surface area contributed by atoms with E-state index in [1.54, 1.807) is 0 Å². The van der Waals surface area contributed by atoms with Gasteiger partial charge in [0.25, 0.3) is 0 Å². The van der Waals surface area contributed by atoms with E-state index in [0.29, 0.717) is 0 Å². The van der Waals surface area contributed by atoms with Gasteiger partial charge in [0.15, 0.2) is 0 Å². The Bertz CT molecular complexity index is 717. The van der Waals surface area contributed by atoms with Crippen molar-refractivity contribution >= 4 is 17.7 Å². The molecule has 1 aromatic carbocycles. The Labute approximate surface area is 174 Å². The smallest absolute Gasteiger partial charge is 0.233 e. The number of fused-ring (bicyclic) bond motifs is 1. The Morgan fingerprint density at radius 1 is 1.07 bits per heavy atom. The van der Waals surface area contributed by atoms with E-state index in [0.717, 1.165) is 44.1 Å². The van der Waals surface area contributed by atoms with Crippen LogP contribution in [0.4, 0.5) is 0 Å². The van der Waals surface area contributed by atoms with Gasteiger partial charge in [-0.25, -0.2) is 0 Å². The molecule has 0 aromatic heterocycles. The molecule has 2 fully saturated rings. The van der Waals surface area contributed by atoms with Crippen LogP contribution in [0, 0.1) is 17.8 Å². The number of imide groups is 1. The molecule has 0 spiro atoms. The monoisotopic (exact) mass is 398 g/mol. The van der Waals surface area contributed by atoms with Crippen molar-refractivity contribution in [2.24, 2.45) is 17.8 Å². The number of benzene rings is 1. The van der Waals surface area contributed by atoms with E-state index in [4.69, 9.17) is 0 Å². The number of hydrogen-bond donors (Lipinski definition) is 1. The number of amides is 3. The zero-order chi connectivity index (χ0) is 21.0. The lowest BCUT2D eigenvalue weighted by molar-refractivity contribution is -0.140. The van der Waals surface area contributed by atoms with Crippen molar-refractivity contribution in [3.63, 3.8) is 0 Å². The van der Waals surface area contributed by atoms with Crippen molar-refractivity contribution in [1.29, 1.82) is 0 Å². The van der Waals surface area contributed by atoms with Crippen molar-refractivity contribution in [2.45, 2.75) is 71.8 Å². The minimum Gasteiger partial charge on any atom is -0.349 e. The molecule has 5 nitrogen and oxygen atoms in total. The highest BCUT2D eigenvalue weighted by molar-refractivity contribution is 6.05. The summed E-state index contributed by atoms with van der Waals surface area (Å²) < 4.78 is 0. The summed E-state index contributed by atoms with van der Waals surface area (Å²) >= 11 is 0. The van der Waals surface area contributed by atoms with Crippen molar-refractivity contribution in [2.75, 3.05) is 6.54 Å². The molecule has 1 heterocycles. The number of aryl methyl sites for hydroxylation is 1. The third-order valence-corrected chi connectivity index (χ3v) is 6.36. The summed E-state index contributed by atoms with van der Waals surface area (Å²) in [5, 5.41) is 3.11. The minimum atomic E-state index is -0.149. The molecular weight excluding hydrogens is 364 g/mol. The molecule has 1 aliphatic heterocycles. The minimum absolute atomic E-state index is 0.0700. The molecule has 1 saturated heterocycles. The highest BCUT2D eigenvalue weighted by Gasteiger charge is 2.47. The molecule has 1 aliphatic carbocycles. The van der Waals surface area contributed by atoms with Gasteiger partial charge in [0, 0.05) is 13.0 Å². The van der Waals surface area contributed by atoms with Gasteiger partial charge in [-0.05, 0) is 36.3 Å². The average molecular weight is 399 g/mol. The molecule has 3 rings (SSSR count). The Morgan fingerprint density at radius 3 is 2.17 bits per heavy atom. The van der Waals surface area contributed by atoms with E-state index in [9.17, 15) is 14.4 Å². The van der Waals surface area contributed by atoms with Crippen LogP contribution in [-0.2, 0) is 20.8 Å². The number of carbonyl (C=O) groups is 3. The Hall–Kier alpha value is -2.17. The summed E-state index contributed by atoms with van der Waals surface area (Å²) in [5.41, 5.74) is 2.39. The number of nitrogens with zero attached hydrogens (tertiary/aromatic N) is 1. The topological polar surface area (TPSA) is 66.5 Å². The van der Waals surface area contributed by atoms with E-state index in [2.05, 4.69) is 50.4 Å². The Morgan fingerprint density at radius 2 is 1.66 bits per heavy atom. The molecule has 5 heteroatoms. The second-order valence-corrected chi connectivity index (χ2v) is 8.86. The molecular formula is C24H34N2O3. The maximum Gasteiger partial charge on any atom is 0.233 e. The number of nitrogens with one attached hydrogen (secondary N) is 1. The third-order valence-electron chi connectivity index (χ3n) is 6.36. The second-order valence-electron chi connectivity index (χ2n) is 8.86. The van der Waals surface area contributed by atoms with Crippen molar-refractivity contribution in [3.05, 3.63) is 35.4 Å². The maximum atomic E-state index is 12.6. The summed E-state index contributed by atoms with van der Waals surface area (Å²) in [7, 11) is 0. The van der Waals surface area contributed by atoms with E-state index < -0.39 is 0 Å². The van der Waals surface area contributed by atoms with E-state index in [1.165, 1.54) is 10.5 Å². The molecule has 1 N–H and O–H groups in total. The summed E-state index contributed by atoms with van der Waals surface area (Å²) in [6, 6.07) is 8.36. The van der Waals surface area contributed by atoms with Crippen LogP contribution in [0.25, 0.3) is 0 Å². The number of hydrogen-bond acceptors (Lipinski definition) is 3. The summed E-state index contributed by atoms with van der Waals surface area (Å²) in [6.07, 6.45) is 5.97. The molecule has 0 unspecified atom stereocenters. The molecule has 3 atom stereocenters. The van der Waals surface area contributed by atoms with Gasteiger partial charge in [0.05, 0.1) is 17.9 Å². The Balaban J connectivity index is 1.58. The molecule has 3 amide bonds. The van der Waals surface area contributed by atoms with Crippen LogP contribution in [-0.4, -0.2) is 29.2 Å². The van der Waals surface area contributed by atoms with Crippen molar-refractivity contribution < 1.29 is 14.4 Å². The fourth-order valence-corrected chi connectivity index (χ4v) is 4.73. The van der Waals surface area contributed by atoms with E-state index in [1.807, 2.05) is 0 Å². The predicted molar refractivity (Wildman–Crippen MR) is 113 cm³/mol. The van der Waals surface area contributed by atoms with Crippen LogP contribution in [0.5, 0.6) is 0 Å². The van der Waals surface area contributed by atoms with Gasteiger partial charge >= 0.3 is 0 Å². The van der Waals surface area contributed by atoms with Gasteiger partial charge in [0.1, 0.15) is 0 Å². The van der Waals surface area contributed by atoms with Crippen LogP contribution in [0.2, 0.25) is 0 Å². The molecule has 2 aliphatic rings. The van der Waals surface area contributed by atoms with Gasteiger partial charge in [-0.15, -0.1) is 0 Å². The van der Waals surface area contributed by atoms with Gasteiger partial charge in [-0.3, -0.25) is 19.3 Å². The molecule has 29 heavy (non-hydrogen) atoms.